The molecule has 0 bridgehead atoms. The second-order valence-corrected chi connectivity index (χ2v) is 4.05. The molecule has 94 valence electrons. The van der Waals surface area contributed by atoms with Gasteiger partial charge in [-0.25, -0.2) is 15.8 Å². The molecule has 0 saturated carbocycles. The highest BCUT2D eigenvalue weighted by molar-refractivity contribution is 5.34. The van der Waals surface area contributed by atoms with E-state index in [0.29, 0.717) is 18.2 Å². The van der Waals surface area contributed by atoms with Crippen LogP contribution in [-0.4, -0.2) is 14.5 Å². The van der Waals surface area contributed by atoms with E-state index < -0.39 is 0 Å². The molecule has 0 aliphatic rings. The number of nitrogens with one attached hydrogen (secondary N) is 1. The van der Waals surface area contributed by atoms with E-state index >= 15 is 0 Å². The quantitative estimate of drug-likeness (QED) is 0.610. The fraction of sp³-hybridized carbons (Fsp3) is 0.250. The molecule has 3 N–H and O–H groups in total. The van der Waals surface area contributed by atoms with Crippen LogP contribution in [0.25, 0.3) is 0 Å². The summed E-state index contributed by atoms with van der Waals surface area (Å²) >= 11 is 0. The normalized spacial score (nSPS) is 10.4. The molecular formula is C12H15N5O. The van der Waals surface area contributed by atoms with Gasteiger partial charge in [-0.2, -0.15) is 0 Å². The van der Waals surface area contributed by atoms with Crippen molar-refractivity contribution in [3.05, 3.63) is 51.8 Å². The van der Waals surface area contributed by atoms with Crippen LogP contribution in [0.3, 0.4) is 0 Å². The van der Waals surface area contributed by atoms with Gasteiger partial charge in [-0.1, -0.05) is 6.07 Å². The molecule has 0 spiro atoms. The number of aryl methyl sites for hydroxylation is 2. The van der Waals surface area contributed by atoms with Gasteiger partial charge in [0.2, 0.25) is 0 Å². The fourth-order valence-corrected chi connectivity index (χ4v) is 1.74. The van der Waals surface area contributed by atoms with E-state index in [0.717, 1.165) is 11.4 Å². The number of nitrogens with two attached hydrogens (primary N) is 1. The third-order valence-corrected chi connectivity index (χ3v) is 2.62. The Morgan fingerprint density at radius 1 is 1.33 bits per heavy atom. The highest BCUT2D eigenvalue weighted by atomic mass is 16.1. The molecule has 18 heavy (non-hydrogen) atoms. The van der Waals surface area contributed by atoms with Gasteiger partial charge < -0.3 is 9.99 Å². The van der Waals surface area contributed by atoms with Crippen LogP contribution in [0, 0.1) is 13.8 Å². The Hall–Kier alpha value is -2.21. The molecule has 0 aliphatic heterocycles. The van der Waals surface area contributed by atoms with Gasteiger partial charge >= 0.3 is 0 Å². The van der Waals surface area contributed by atoms with E-state index in [4.69, 9.17) is 5.84 Å². The maximum absolute atomic E-state index is 11.8. The number of anilines is 1. The molecule has 0 saturated heterocycles. The Morgan fingerprint density at radius 3 is 2.78 bits per heavy atom. The van der Waals surface area contributed by atoms with Gasteiger partial charge in [-0.3, -0.25) is 4.79 Å². The molecule has 0 atom stereocenters. The van der Waals surface area contributed by atoms with Crippen LogP contribution >= 0.6 is 0 Å². The van der Waals surface area contributed by atoms with Crippen molar-refractivity contribution in [1.29, 1.82) is 0 Å². The number of aromatic nitrogens is 3. The van der Waals surface area contributed by atoms with E-state index in [1.807, 2.05) is 19.9 Å². The van der Waals surface area contributed by atoms with E-state index in [-0.39, 0.29) is 5.56 Å². The van der Waals surface area contributed by atoms with Crippen molar-refractivity contribution < 1.29 is 0 Å². The van der Waals surface area contributed by atoms with Gasteiger partial charge in [-0.05, 0) is 19.9 Å². The molecular weight excluding hydrogens is 230 g/mol. The summed E-state index contributed by atoms with van der Waals surface area (Å²) in [4.78, 5) is 20.3. The van der Waals surface area contributed by atoms with Crippen LogP contribution in [0.15, 0.2) is 29.1 Å². The molecule has 2 heterocycles. The zero-order valence-electron chi connectivity index (χ0n) is 10.3. The summed E-state index contributed by atoms with van der Waals surface area (Å²) < 4.78 is 1.62. The number of hydrogen-bond acceptors (Lipinski definition) is 5. The smallest absolute Gasteiger partial charge is 0.251 e. The zero-order valence-corrected chi connectivity index (χ0v) is 10.3. The first-order valence-corrected chi connectivity index (χ1v) is 5.58. The van der Waals surface area contributed by atoms with Crippen LogP contribution in [0.4, 0.5) is 5.82 Å². The summed E-state index contributed by atoms with van der Waals surface area (Å²) in [5.41, 5.74) is 4.09. The minimum Gasteiger partial charge on any atom is -0.308 e. The molecule has 2 aromatic rings. The molecule has 0 amide bonds. The lowest BCUT2D eigenvalue weighted by Crippen LogP contribution is -2.23. The van der Waals surface area contributed by atoms with Crippen molar-refractivity contribution in [2.24, 2.45) is 5.84 Å². The molecule has 0 fully saturated rings. The summed E-state index contributed by atoms with van der Waals surface area (Å²) in [5.74, 6) is 6.43. The van der Waals surface area contributed by atoms with Gasteiger partial charge in [-0.15, -0.1) is 0 Å². The monoisotopic (exact) mass is 245 g/mol. The van der Waals surface area contributed by atoms with Gasteiger partial charge in [0, 0.05) is 23.5 Å². The van der Waals surface area contributed by atoms with Crippen molar-refractivity contribution in [1.82, 2.24) is 14.5 Å². The topological polar surface area (TPSA) is 85.8 Å². The first kappa shape index (κ1) is 12.3. The molecule has 0 unspecified atom stereocenters. The average molecular weight is 245 g/mol. The standard InChI is InChI=1S/C12H15N5O/c1-8-6-10(16-13)15-11(14-8)7-17-9(2)4-3-5-12(17)18/h3-6H,7,13H2,1-2H3,(H,14,15,16). The Labute approximate surface area is 104 Å². The van der Waals surface area contributed by atoms with Crippen molar-refractivity contribution in [2.75, 3.05) is 5.43 Å². The largest absolute Gasteiger partial charge is 0.308 e. The van der Waals surface area contributed by atoms with Gasteiger partial charge in [0.1, 0.15) is 5.82 Å². The Balaban J connectivity index is 2.40. The number of nitrogen functional groups attached to an aromatic ring is 1. The summed E-state index contributed by atoms with van der Waals surface area (Å²) in [6.07, 6.45) is 0. The number of hydrogen-bond donors (Lipinski definition) is 2. The van der Waals surface area contributed by atoms with E-state index in [2.05, 4.69) is 15.4 Å². The third-order valence-electron chi connectivity index (χ3n) is 2.62. The first-order valence-electron chi connectivity index (χ1n) is 5.58. The number of nitrogens with zero attached hydrogens (tertiary/aromatic N) is 3. The van der Waals surface area contributed by atoms with Crippen molar-refractivity contribution in [3.63, 3.8) is 0 Å². The van der Waals surface area contributed by atoms with Crippen LogP contribution in [0.1, 0.15) is 17.2 Å². The maximum Gasteiger partial charge on any atom is 0.251 e. The third kappa shape index (κ3) is 2.54. The summed E-state index contributed by atoms with van der Waals surface area (Å²) in [6.45, 7) is 4.06. The maximum atomic E-state index is 11.8. The molecule has 6 nitrogen and oxygen atoms in total. The second kappa shape index (κ2) is 4.97. The fourth-order valence-electron chi connectivity index (χ4n) is 1.74. The summed E-state index contributed by atoms with van der Waals surface area (Å²) in [7, 11) is 0. The molecule has 6 heteroatoms. The van der Waals surface area contributed by atoms with Gasteiger partial charge in [0.05, 0.1) is 6.54 Å². The highest BCUT2D eigenvalue weighted by Crippen LogP contribution is 2.06. The Bertz CT molecular complexity index is 620. The summed E-state index contributed by atoms with van der Waals surface area (Å²) in [5, 5.41) is 0. The number of pyridine rings is 1. The second-order valence-electron chi connectivity index (χ2n) is 4.05. The van der Waals surface area contributed by atoms with Crippen LogP contribution in [0.5, 0.6) is 0 Å². The lowest BCUT2D eigenvalue weighted by molar-refractivity contribution is 0.689. The SMILES string of the molecule is Cc1cc(NN)nc(Cn2c(C)cccc2=O)n1. The zero-order chi connectivity index (χ0) is 13.1. The predicted octanol–water partition coefficient (Wildman–Crippen LogP) is 0.589. The minimum atomic E-state index is -0.0673. The number of rotatable bonds is 3. The predicted molar refractivity (Wildman–Crippen MR) is 69.1 cm³/mol. The molecule has 0 aliphatic carbocycles. The molecule has 2 rings (SSSR count). The van der Waals surface area contributed by atoms with E-state index in [9.17, 15) is 4.79 Å². The highest BCUT2D eigenvalue weighted by Gasteiger charge is 2.05. The number of hydrazine groups is 1. The Morgan fingerprint density at radius 2 is 2.11 bits per heavy atom. The van der Waals surface area contributed by atoms with E-state index in [1.54, 1.807) is 16.7 Å². The van der Waals surface area contributed by atoms with Crippen LogP contribution in [-0.2, 0) is 6.54 Å². The molecule has 0 aromatic carbocycles. The molecule has 0 radical (unpaired) electrons. The van der Waals surface area contributed by atoms with Crippen molar-refractivity contribution in [3.8, 4) is 0 Å². The van der Waals surface area contributed by atoms with Gasteiger partial charge in [0.25, 0.3) is 5.56 Å². The van der Waals surface area contributed by atoms with Crippen molar-refractivity contribution in [2.45, 2.75) is 20.4 Å². The van der Waals surface area contributed by atoms with Crippen molar-refractivity contribution >= 4 is 5.82 Å². The van der Waals surface area contributed by atoms with Gasteiger partial charge in [0.15, 0.2) is 5.82 Å². The minimum absolute atomic E-state index is 0.0673. The van der Waals surface area contributed by atoms with Crippen LogP contribution in [0.2, 0.25) is 0 Å². The Kier molecular flexibility index (Phi) is 3.38. The lowest BCUT2D eigenvalue weighted by Gasteiger charge is -2.09. The summed E-state index contributed by atoms with van der Waals surface area (Å²) in [6, 6.07) is 6.87. The first-order chi connectivity index (χ1) is 8.60. The van der Waals surface area contributed by atoms with E-state index in [1.165, 1.54) is 6.07 Å². The average Bonchev–Trinajstić information content (AvgIpc) is 2.33. The lowest BCUT2D eigenvalue weighted by atomic mass is 10.3. The molecule has 2 aromatic heterocycles. The van der Waals surface area contributed by atoms with Crippen LogP contribution < -0.4 is 16.8 Å².